The van der Waals surface area contributed by atoms with Gasteiger partial charge in [-0.25, -0.2) is 0 Å². The molecule has 3 rings (SSSR count). The van der Waals surface area contributed by atoms with E-state index in [1.54, 1.807) is 55.6 Å². The number of nitrogens with one attached hydrogen (secondary N) is 1. The van der Waals surface area contributed by atoms with Gasteiger partial charge < -0.3 is 21.5 Å². The van der Waals surface area contributed by atoms with Gasteiger partial charge in [0, 0.05) is 12.2 Å². The van der Waals surface area contributed by atoms with Crippen molar-refractivity contribution in [3.63, 3.8) is 0 Å². The van der Waals surface area contributed by atoms with Crippen LogP contribution in [-0.2, 0) is 4.79 Å². The quantitative estimate of drug-likeness (QED) is 0.394. The molecular formula is C25H29N5O4S. The molecule has 0 spiro atoms. The van der Waals surface area contributed by atoms with Crippen LogP contribution < -0.4 is 26.4 Å². The molecule has 10 heteroatoms. The highest BCUT2D eigenvalue weighted by Crippen LogP contribution is 2.33. The van der Waals surface area contributed by atoms with E-state index >= 15 is 0 Å². The van der Waals surface area contributed by atoms with Crippen molar-refractivity contribution in [1.29, 1.82) is 0 Å². The van der Waals surface area contributed by atoms with Crippen LogP contribution in [0.25, 0.3) is 0 Å². The Hall–Kier alpha value is -3.92. The molecule has 3 amide bonds. The number of carbonyl (C=O) groups is 3. The van der Waals surface area contributed by atoms with Crippen molar-refractivity contribution < 1.29 is 19.1 Å². The Morgan fingerprint density at radius 1 is 1.09 bits per heavy atom. The molecule has 0 saturated carbocycles. The van der Waals surface area contributed by atoms with Crippen molar-refractivity contribution in [3.05, 3.63) is 70.7 Å². The van der Waals surface area contributed by atoms with E-state index in [0.717, 1.165) is 18.0 Å². The van der Waals surface area contributed by atoms with Crippen LogP contribution >= 0.6 is 11.5 Å². The molecule has 0 saturated heterocycles. The molecule has 3 aromatic rings. The Bertz CT molecular complexity index is 1180. The van der Waals surface area contributed by atoms with Gasteiger partial charge in [0.25, 0.3) is 11.8 Å². The van der Waals surface area contributed by atoms with E-state index in [1.807, 2.05) is 6.07 Å². The number of amides is 3. The standard InChI is InChI=1S/C25H29N5O4S/c1-15(2)13-14-28-24(32)21(16-9-11-18(34-3)12-10-16)30(17-7-5-4-6-8-17)25(33)22-19(26)20(23(27)31)29-35-22/h4-12,15,21H,13-14,26H2,1-3H3,(H2,27,31)(H,28,32)/t21-/m1/s1. The number of anilines is 2. The molecule has 0 aliphatic rings. The molecule has 0 fully saturated rings. The van der Waals surface area contributed by atoms with Gasteiger partial charge in [-0.3, -0.25) is 19.3 Å². The molecule has 35 heavy (non-hydrogen) atoms. The molecule has 1 aromatic heterocycles. The lowest BCUT2D eigenvalue weighted by atomic mass is 10.0. The van der Waals surface area contributed by atoms with Crippen LogP contribution in [0.5, 0.6) is 5.75 Å². The summed E-state index contributed by atoms with van der Waals surface area (Å²) in [6.07, 6.45) is 0.782. The largest absolute Gasteiger partial charge is 0.497 e. The number of hydrogen-bond acceptors (Lipinski definition) is 7. The Labute approximate surface area is 208 Å². The second kappa shape index (κ2) is 11.5. The van der Waals surface area contributed by atoms with E-state index < -0.39 is 17.9 Å². The molecule has 0 aliphatic carbocycles. The summed E-state index contributed by atoms with van der Waals surface area (Å²) in [4.78, 5) is 40.5. The highest BCUT2D eigenvalue weighted by molar-refractivity contribution is 7.09. The predicted octanol–water partition coefficient (Wildman–Crippen LogP) is 3.38. The zero-order valence-electron chi connectivity index (χ0n) is 19.9. The molecule has 0 unspecified atom stereocenters. The van der Waals surface area contributed by atoms with Gasteiger partial charge >= 0.3 is 0 Å². The molecule has 0 bridgehead atoms. The van der Waals surface area contributed by atoms with Gasteiger partial charge in [-0.1, -0.05) is 44.2 Å². The summed E-state index contributed by atoms with van der Waals surface area (Å²) in [5.41, 5.74) is 12.2. The number of aromatic nitrogens is 1. The fourth-order valence-corrected chi connectivity index (χ4v) is 4.24. The summed E-state index contributed by atoms with van der Waals surface area (Å²) in [6, 6.07) is 14.7. The number of nitrogen functional groups attached to an aromatic ring is 1. The molecular weight excluding hydrogens is 466 g/mol. The normalized spacial score (nSPS) is 11.7. The topological polar surface area (TPSA) is 141 Å². The molecule has 9 nitrogen and oxygen atoms in total. The number of primary amides is 1. The third-order valence-corrected chi connectivity index (χ3v) is 6.22. The Kier molecular flexibility index (Phi) is 8.43. The summed E-state index contributed by atoms with van der Waals surface area (Å²) in [7, 11) is 1.55. The number of benzene rings is 2. The molecule has 1 heterocycles. The van der Waals surface area contributed by atoms with Crippen molar-refractivity contribution in [2.45, 2.75) is 26.3 Å². The fraction of sp³-hybridized carbons (Fsp3) is 0.280. The van der Waals surface area contributed by atoms with Gasteiger partial charge in [0.15, 0.2) is 5.69 Å². The maximum absolute atomic E-state index is 13.9. The van der Waals surface area contributed by atoms with Crippen LogP contribution in [0.15, 0.2) is 54.6 Å². The van der Waals surface area contributed by atoms with Gasteiger partial charge in [0.05, 0.1) is 12.8 Å². The molecule has 1 atom stereocenters. The SMILES string of the molecule is COc1ccc([C@H](C(=O)NCCC(C)C)N(C(=O)c2snc(C(N)=O)c2N)c2ccccc2)cc1. The number of rotatable bonds is 10. The zero-order valence-corrected chi connectivity index (χ0v) is 20.7. The number of nitrogens with zero attached hydrogens (tertiary/aromatic N) is 2. The van der Waals surface area contributed by atoms with Gasteiger partial charge in [-0.05, 0) is 53.7 Å². The summed E-state index contributed by atoms with van der Waals surface area (Å²) in [6.45, 7) is 4.58. The Balaban J connectivity index is 2.12. The number of para-hydroxylation sites is 1. The lowest BCUT2D eigenvalue weighted by Gasteiger charge is -2.31. The lowest BCUT2D eigenvalue weighted by molar-refractivity contribution is -0.122. The lowest BCUT2D eigenvalue weighted by Crippen LogP contribution is -2.44. The predicted molar refractivity (Wildman–Crippen MR) is 136 cm³/mol. The number of methoxy groups -OCH3 is 1. The molecule has 0 aliphatic heterocycles. The third-order valence-electron chi connectivity index (χ3n) is 5.37. The molecule has 0 radical (unpaired) electrons. The second-order valence-electron chi connectivity index (χ2n) is 8.30. The van der Waals surface area contributed by atoms with Crippen molar-refractivity contribution in [2.75, 3.05) is 24.3 Å². The zero-order chi connectivity index (χ0) is 25.5. The highest BCUT2D eigenvalue weighted by Gasteiger charge is 2.35. The maximum Gasteiger partial charge on any atom is 0.273 e. The summed E-state index contributed by atoms with van der Waals surface area (Å²) < 4.78 is 9.21. The molecule has 2 aromatic carbocycles. The van der Waals surface area contributed by atoms with E-state index in [-0.39, 0.29) is 22.2 Å². The van der Waals surface area contributed by atoms with Crippen molar-refractivity contribution in [2.24, 2.45) is 11.7 Å². The Morgan fingerprint density at radius 2 is 1.74 bits per heavy atom. The smallest absolute Gasteiger partial charge is 0.273 e. The minimum atomic E-state index is -1.03. The fourth-order valence-electron chi connectivity index (χ4n) is 3.50. The van der Waals surface area contributed by atoms with E-state index in [0.29, 0.717) is 29.5 Å². The van der Waals surface area contributed by atoms with Gasteiger partial charge in [-0.15, -0.1) is 0 Å². The summed E-state index contributed by atoms with van der Waals surface area (Å²) in [5.74, 6) is -0.749. The van der Waals surface area contributed by atoms with E-state index in [2.05, 4.69) is 23.5 Å². The van der Waals surface area contributed by atoms with E-state index in [9.17, 15) is 14.4 Å². The number of hydrogen-bond donors (Lipinski definition) is 3. The number of carbonyl (C=O) groups excluding carboxylic acids is 3. The van der Waals surface area contributed by atoms with Crippen LogP contribution in [0, 0.1) is 5.92 Å². The monoisotopic (exact) mass is 495 g/mol. The molecule has 184 valence electrons. The average Bonchev–Trinajstić information content (AvgIpc) is 3.24. The first kappa shape index (κ1) is 25.7. The number of ether oxygens (including phenoxy) is 1. The van der Waals surface area contributed by atoms with E-state index in [1.165, 1.54) is 4.90 Å². The van der Waals surface area contributed by atoms with Crippen LogP contribution in [0.3, 0.4) is 0 Å². The first-order chi connectivity index (χ1) is 16.7. The van der Waals surface area contributed by atoms with Crippen LogP contribution in [-0.4, -0.2) is 35.7 Å². The van der Waals surface area contributed by atoms with Crippen molar-refractivity contribution >= 4 is 40.6 Å². The summed E-state index contributed by atoms with van der Waals surface area (Å²) in [5, 5.41) is 2.95. The highest BCUT2D eigenvalue weighted by atomic mass is 32.1. The van der Waals surface area contributed by atoms with Crippen LogP contribution in [0.4, 0.5) is 11.4 Å². The van der Waals surface area contributed by atoms with E-state index in [4.69, 9.17) is 16.2 Å². The first-order valence-corrected chi connectivity index (χ1v) is 11.9. The summed E-state index contributed by atoms with van der Waals surface area (Å²) >= 11 is 0.769. The maximum atomic E-state index is 13.9. The minimum absolute atomic E-state index is 0.0242. The second-order valence-corrected chi connectivity index (χ2v) is 9.07. The van der Waals surface area contributed by atoms with Crippen molar-refractivity contribution in [1.82, 2.24) is 9.69 Å². The van der Waals surface area contributed by atoms with Crippen molar-refractivity contribution in [3.8, 4) is 5.75 Å². The molecule has 5 N–H and O–H groups in total. The van der Waals surface area contributed by atoms with Gasteiger partial charge in [-0.2, -0.15) is 4.37 Å². The number of nitrogens with two attached hydrogens (primary N) is 2. The van der Waals surface area contributed by atoms with Gasteiger partial charge in [0.1, 0.15) is 16.7 Å². The average molecular weight is 496 g/mol. The van der Waals surface area contributed by atoms with Crippen LogP contribution in [0.2, 0.25) is 0 Å². The first-order valence-electron chi connectivity index (χ1n) is 11.1. The Morgan fingerprint density at radius 3 is 2.29 bits per heavy atom. The minimum Gasteiger partial charge on any atom is -0.497 e. The van der Waals surface area contributed by atoms with Crippen LogP contribution in [0.1, 0.15) is 52.0 Å². The third kappa shape index (κ3) is 5.96. The van der Waals surface area contributed by atoms with Gasteiger partial charge in [0.2, 0.25) is 5.91 Å².